The Balaban J connectivity index is 1.53. The topological polar surface area (TPSA) is 104 Å². The number of aldehydes is 1. The predicted octanol–water partition coefficient (Wildman–Crippen LogP) is 1.67. The molecular formula is C23H30O6. The van der Waals surface area contributed by atoms with Crippen molar-refractivity contribution in [2.75, 3.05) is 6.61 Å². The van der Waals surface area contributed by atoms with Crippen LogP contribution in [0.1, 0.15) is 51.9 Å². The van der Waals surface area contributed by atoms with E-state index in [-0.39, 0.29) is 35.6 Å². The van der Waals surface area contributed by atoms with E-state index >= 15 is 0 Å². The zero-order valence-electron chi connectivity index (χ0n) is 16.8. The van der Waals surface area contributed by atoms with Crippen LogP contribution in [0.5, 0.6) is 0 Å². The molecule has 4 aliphatic carbocycles. The molecule has 3 saturated carbocycles. The van der Waals surface area contributed by atoms with Gasteiger partial charge in [-0.3, -0.25) is 0 Å². The number of hydrogen-bond acceptors (Lipinski definition) is 6. The molecule has 1 aliphatic heterocycles. The molecule has 3 N–H and O–H groups in total. The van der Waals surface area contributed by atoms with Gasteiger partial charge in [-0.1, -0.05) is 18.6 Å². The van der Waals surface area contributed by atoms with Crippen LogP contribution in [0.15, 0.2) is 23.3 Å². The maximum Gasteiger partial charge on any atom is 0.331 e. The highest BCUT2D eigenvalue weighted by atomic mass is 16.5. The summed E-state index contributed by atoms with van der Waals surface area (Å²) in [6.07, 6.45) is 7.13. The third kappa shape index (κ3) is 2.39. The van der Waals surface area contributed by atoms with Crippen molar-refractivity contribution in [3.05, 3.63) is 23.3 Å². The minimum atomic E-state index is -0.924. The van der Waals surface area contributed by atoms with E-state index in [0.29, 0.717) is 25.9 Å². The van der Waals surface area contributed by atoms with Crippen molar-refractivity contribution in [3.8, 4) is 0 Å². The standard InChI is InChI=1S/C23H30O6/c1-21-6-4-16-17(3-2-14-9-18(25)19(26)10-22(14,16)12-24)23(21,28)7-5-15(21)13-8-20(27)29-11-13/h2,8,12,15-19,25-26,28H,3-7,9-11H2,1H3/t15-,16-,17+,18+,19+,21+,22+,23-/m0/s1. The predicted molar refractivity (Wildman–Crippen MR) is 103 cm³/mol. The summed E-state index contributed by atoms with van der Waals surface area (Å²) >= 11 is 0. The Morgan fingerprint density at radius 3 is 2.66 bits per heavy atom. The smallest absolute Gasteiger partial charge is 0.331 e. The Kier molecular flexibility index (Phi) is 4.20. The fraction of sp³-hybridized carbons (Fsp3) is 0.739. The molecule has 0 radical (unpaired) electrons. The van der Waals surface area contributed by atoms with Gasteiger partial charge in [-0.15, -0.1) is 0 Å². The van der Waals surface area contributed by atoms with Gasteiger partial charge in [0, 0.05) is 11.5 Å². The average molecular weight is 402 g/mol. The van der Waals surface area contributed by atoms with E-state index in [4.69, 9.17) is 4.74 Å². The SMILES string of the molecule is C[C@]12CC[C@H]3[C@@H](CC=C4C[C@@H](O)[C@H](O)C[C@@]43C=O)[C@@]1(O)CC[C@H]2C1=CC(=O)OC1. The van der Waals surface area contributed by atoms with Gasteiger partial charge in [0.15, 0.2) is 0 Å². The summed E-state index contributed by atoms with van der Waals surface area (Å²) in [6.45, 7) is 2.45. The number of ether oxygens (including phenoxy) is 1. The molecule has 0 bridgehead atoms. The van der Waals surface area contributed by atoms with Crippen LogP contribution in [0.2, 0.25) is 0 Å². The quantitative estimate of drug-likeness (QED) is 0.369. The highest BCUT2D eigenvalue weighted by molar-refractivity contribution is 5.85. The molecule has 0 aromatic rings. The second kappa shape index (κ2) is 6.25. The van der Waals surface area contributed by atoms with Gasteiger partial charge in [0.2, 0.25) is 0 Å². The van der Waals surface area contributed by atoms with Gasteiger partial charge in [-0.2, -0.15) is 0 Å². The van der Waals surface area contributed by atoms with Crippen molar-refractivity contribution >= 4 is 12.3 Å². The molecule has 5 aliphatic rings. The number of aliphatic hydroxyl groups excluding tert-OH is 2. The first-order chi connectivity index (χ1) is 13.7. The molecule has 6 nitrogen and oxygen atoms in total. The number of rotatable bonds is 2. The maximum atomic E-state index is 12.4. The van der Waals surface area contributed by atoms with Gasteiger partial charge < -0.3 is 24.9 Å². The number of aliphatic hydroxyl groups is 3. The molecule has 6 heteroatoms. The van der Waals surface area contributed by atoms with Gasteiger partial charge >= 0.3 is 5.97 Å². The minimum absolute atomic E-state index is 0.0329. The number of esters is 1. The van der Waals surface area contributed by atoms with Gasteiger partial charge in [-0.05, 0) is 68.3 Å². The highest BCUT2D eigenvalue weighted by Gasteiger charge is 2.68. The highest BCUT2D eigenvalue weighted by Crippen LogP contribution is 2.68. The second-order valence-electron chi connectivity index (χ2n) is 10.2. The van der Waals surface area contributed by atoms with Crippen LogP contribution < -0.4 is 0 Å². The molecule has 0 amide bonds. The lowest BCUT2D eigenvalue weighted by Gasteiger charge is -2.61. The fourth-order valence-corrected chi connectivity index (χ4v) is 7.73. The third-order valence-electron chi connectivity index (χ3n) is 9.29. The van der Waals surface area contributed by atoms with E-state index in [2.05, 4.69) is 6.92 Å². The number of carbonyl (C=O) groups excluding carboxylic acids is 2. The van der Waals surface area contributed by atoms with Crippen molar-refractivity contribution in [2.24, 2.45) is 28.6 Å². The normalized spacial score (nSPS) is 51.3. The first-order valence-electron chi connectivity index (χ1n) is 10.9. The van der Waals surface area contributed by atoms with Crippen molar-refractivity contribution in [1.82, 2.24) is 0 Å². The zero-order valence-corrected chi connectivity index (χ0v) is 16.8. The molecule has 5 rings (SSSR count). The Labute approximate surface area is 170 Å². The lowest BCUT2D eigenvalue weighted by molar-refractivity contribution is -0.183. The number of carbonyl (C=O) groups is 2. The Morgan fingerprint density at radius 2 is 1.97 bits per heavy atom. The monoisotopic (exact) mass is 402 g/mol. The van der Waals surface area contributed by atoms with E-state index in [1.165, 1.54) is 0 Å². The molecule has 8 atom stereocenters. The molecule has 29 heavy (non-hydrogen) atoms. The first-order valence-corrected chi connectivity index (χ1v) is 10.9. The lowest BCUT2D eigenvalue weighted by Crippen LogP contribution is -2.62. The summed E-state index contributed by atoms with van der Waals surface area (Å²) in [6, 6.07) is 0. The first kappa shape index (κ1) is 19.5. The Bertz CT molecular complexity index is 816. The molecule has 0 spiro atoms. The molecule has 0 aromatic heterocycles. The van der Waals surface area contributed by atoms with E-state index < -0.39 is 23.2 Å². The van der Waals surface area contributed by atoms with Crippen LogP contribution >= 0.6 is 0 Å². The van der Waals surface area contributed by atoms with E-state index in [0.717, 1.165) is 36.7 Å². The van der Waals surface area contributed by atoms with Crippen molar-refractivity contribution in [1.29, 1.82) is 0 Å². The van der Waals surface area contributed by atoms with Gasteiger partial charge in [0.25, 0.3) is 0 Å². The summed E-state index contributed by atoms with van der Waals surface area (Å²) in [5, 5.41) is 32.6. The van der Waals surface area contributed by atoms with E-state index in [1.54, 1.807) is 6.08 Å². The minimum Gasteiger partial charge on any atom is -0.458 e. The number of allylic oxidation sites excluding steroid dienone is 1. The Morgan fingerprint density at radius 1 is 1.17 bits per heavy atom. The molecule has 1 heterocycles. The maximum absolute atomic E-state index is 12.4. The molecule has 3 fully saturated rings. The van der Waals surface area contributed by atoms with Crippen molar-refractivity contribution in [2.45, 2.75) is 69.7 Å². The van der Waals surface area contributed by atoms with Gasteiger partial charge in [0.05, 0.1) is 23.2 Å². The number of hydrogen-bond donors (Lipinski definition) is 3. The van der Waals surface area contributed by atoms with Crippen LogP contribution in [0.25, 0.3) is 0 Å². The van der Waals surface area contributed by atoms with E-state index in [9.17, 15) is 24.9 Å². The summed E-state index contributed by atoms with van der Waals surface area (Å²) in [5.74, 6) is -0.292. The van der Waals surface area contributed by atoms with Crippen LogP contribution in [0.3, 0.4) is 0 Å². The lowest BCUT2D eigenvalue weighted by atomic mass is 9.45. The number of fused-ring (bicyclic) bond motifs is 5. The summed E-state index contributed by atoms with van der Waals surface area (Å²) in [4.78, 5) is 24.1. The summed E-state index contributed by atoms with van der Waals surface area (Å²) < 4.78 is 5.15. The Hall–Kier alpha value is -1.50. The molecule has 0 unspecified atom stereocenters. The fourth-order valence-electron chi connectivity index (χ4n) is 7.73. The summed E-state index contributed by atoms with van der Waals surface area (Å²) in [7, 11) is 0. The van der Waals surface area contributed by atoms with Crippen LogP contribution in [-0.2, 0) is 14.3 Å². The third-order valence-corrected chi connectivity index (χ3v) is 9.29. The molecular weight excluding hydrogens is 372 g/mol. The molecule has 0 aromatic carbocycles. The second-order valence-corrected chi connectivity index (χ2v) is 10.2. The molecule has 0 saturated heterocycles. The summed E-state index contributed by atoms with van der Waals surface area (Å²) in [5.41, 5.74) is -0.156. The van der Waals surface area contributed by atoms with Crippen LogP contribution in [0, 0.1) is 28.6 Å². The van der Waals surface area contributed by atoms with Crippen LogP contribution in [-0.4, -0.2) is 52.0 Å². The number of cyclic esters (lactones) is 1. The van der Waals surface area contributed by atoms with Crippen molar-refractivity contribution < 1.29 is 29.6 Å². The van der Waals surface area contributed by atoms with E-state index in [1.807, 2.05) is 6.08 Å². The molecule has 158 valence electrons. The average Bonchev–Trinajstić information content (AvgIpc) is 3.23. The van der Waals surface area contributed by atoms with Crippen LogP contribution in [0.4, 0.5) is 0 Å². The van der Waals surface area contributed by atoms with Crippen molar-refractivity contribution in [3.63, 3.8) is 0 Å². The van der Waals surface area contributed by atoms with Gasteiger partial charge in [0.1, 0.15) is 12.9 Å². The van der Waals surface area contributed by atoms with Gasteiger partial charge in [-0.25, -0.2) is 4.79 Å². The zero-order chi connectivity index (χ0) is 20.6. The largest absolute Gasteiger partial charge is 0.458 e.